The lowest BCUT2D eigenvalue weighted by molar-refractivity contribution is 0.0751. The molecule has 4 nitrogen and oxygen atoms in total. The number of amides is 1. The summed E-state index contributed by atoms with van der Waals surface area (Å²) in [5.41, 5.74) is 1.96. The fourth-order valence-electron chi connectivity index (χ4n) is 3.68. The lowest BCUT2D eigenvalue weighted by Crippen LogP contribution is -2.36. The average molecular weight is 314 g/mol. The summed E-state index contributed by atoms with van der Waals surface area (Å²) in [7, 11) is 4.20. The number of likely N-dealkylation sites (tertiary alicyclic amines) is 1. The number of benzene rings is 1. The van der Waals surface area contributed by atoms with E-state index in [4.69, 9.17) is 4.42 Å². The van der Waals surface area contributed by atoms with Gasteiger partial charge in [-0.2, -0.15) is 0 Å². The first-order valence-corrected chi connectivity index (χ1v) is 8.45. The molecule has 0 bridgehead atoms. The zero-order valence-corrected chi connectivity index (χ0v) is 14.5. The van der Waals surface area contributed by atoms with Crippen LogP contribution in [-0.4, -0.2) is 48.9 Å². The Bertz CT molecular complexity index is 704. The molecule has 1 aromatic heterocycles. The van der Waals surface area contributed by atoms with E-state index in [1.807, 2.05) is 30.0 Å². The van der Waals surface area contributed by atoms with Crippen LogP contribution in [0.1, 0.15) is 35.9 Å². The number of likely N-dealkylation sites (N-methyl/N-ethyl adjacent to an activating group) is 1. The van der Waals surface area contributed by atoms with Gasteiger partial charge in [-0.25, -0.2) is 0 Å². The molecule has 0 spiro atoms. The zero-order valence-electron chi connectivity index (χ0n) is 14.5. The molecule has 2 aromatic rings. The van der Waals surface area contributed by atoms with Gasteiger partial charge >= 0.3 is 0 Å². The maximum Gasteiger partial charge on any atom is 0.289 e. The minimum Gasteiger partial charge on any atom is -0.451 e. The molecule has 2 heterocycles. The summed E-state index contributed by atoms with van der Waals surface area (Å²) in [6.07, 6.45) is 2.31. The number of hydrogen-bond acceptors (Lipinski definition) is 3. The van der Waals surface area contributed by atoms with Crippen LogP contribution in [0.15, 0.2) is 28.7 Å². The quantitative estimate of drug-likeness (QED) is 0.866. The van der Waals surface area contributed by atoms with E-state index in [0.29, 0.717) is 17.7 Å². The first kappa shape index (κ1) is 16.1. The van der Waals surface area contributed by atoms with Gasteiger partial charge in [0.1, 0.15) is 5.58 Å². The molecule has 1 aliphatic rings. The van der Waals surface area contributed by atoms with Crippen molar-refractivity contribution in [3.63, 3.8) is 0 Å². The number of aryl methyl sites for hydroxylation is 1. The van der Waals surface area contributed by atoms with Gasteiger partial charge < -0.3 is 14.2 Å². The lowest BCUT2D eigenvalue weighted by Gasteiger charge is -2.24. The van der Waals surface area contributed by atoms with Crippen LogP contribution in [0.3, 0.4) is 0 Å². The average Bonchev–Trinajstić information content (AvgIpc) is 3.10. The predicted molar refractivity (Wildman–Crippen MR) is 92.7 cm³/mol. The number of rotatable bonds is 4. The first-order valence-electron chi connectivity index (χ1n) is 8.45. The molecule has 1 saturated heterocycles. The molecular weight excluding hydrogens is 288 g/mol. The van der Waals surface area contributed by atoms with Crippen molar-refractivity contribution in [2.45, 2.75) is 32.7 Å². The smallest absolute Gasteiger partial charge is 0.289 e. The molecule has 124 valence electrons. The summed E-state index contributed by atoms with van der Waals surface area (Å²) in [4.78, 5) is 17.0. The van der Waals surface area contributed by atoms with Gasteiger partial charge in [0.15, 0.2) is 5.76 Å². The molecule has 0 saturated carbocycles. The van der Waals surface area contributed by atoms with E-state index >= 15 is 0 Å². The molecular formula is C19H26N2O2. The molecule has 3 rings (SSSR count). The second-order valence-corrected chi connectivity index (χ2v) is 6.94. The lowest BCUT2D eigenvalue weighted by atomic mass is 9.98. The summed E-state index contributed by atoms with van der Waals surface area (Å²) >= 11 is 0. The van der Waals surface area contributed by atoms with Crippen molar-refractivity contribution in [1.82, 2.24) is 9.80 Å². The Kier molecular flexibility index (Phi) is 4.44. The molecule has 23 heavy (non-hydrogen) atoms. The molecule has 0 aliphatic carbocycles. The molecule has 1 fully saturated rings. The van der Waals surface area contributed by atoms with E-state index in [1.54, 1.807) is 0 Å². The molecule has 1 amide bonds. The maximum absolute atomic E-state index is 12.8. The summed E-state index contributed by atoms with van der Waals surface area (Å²) in [5, 5.41) is 1.00. The van der Waals surface area contributed by atoms with Gasteiger partial charge in [-0.1, -0.05) is 25.0 Å². The van der Waals surface area contributed by atoms with E-state index in [2.05, 4.69) is 32.0 Å². The number of nitrogens with zero attached hydrogens (tertiary/aromatic N) is 2. The Morgan fingerprint density at radius 3 is 2.78 bits per heavy atom. The Labute approximate surface area is 138 Å². The predicted octanol–water partition coefficient (Wildman–Crippen LogP) is 3.54. The Morgan fingerprint density at radius 1 is 1.30 bits per heavy atom. The molecule has 4 heteroatoms. The van der Waals surface area contributed by atoms with Crippen molar-refractivity contribution in [2.24, 2.45) is 5.92 Å². The standard InChI is InChI=1S/C19H26N2O2/c1-5-6-14-11-21(12-16(14)20(3)4)19(22)18-10-15-9-13(2)7-8-17(15)23-18/h7-10,14,16H,5-6,11-12H2,1-4H3/t14-,16-/m1/s1. The van der Waals surface area contributed by atoms with Gasteiger partial charge in [0.05, 0.1) is 0 Å². The van der Waals surface area contributed by atoms with Crippen LogP contribution < -0.4 is 0 Å². The topological polar surface area (TPSA) is 36.7 Å². The summed E-state index contributed by atoms with van der Waals surface area (Å²) in [6.45, 7) is 5.86. The van der Waals surface area contributed by atoms with E-state index in [9.17, 15) is 4.79 Å². The molecule has 0 N–H and O–H groups in total. The maximum atomic E-state index is 12.8. The SMILES string of the molecule is CCC[C@@H]1CN(C(=O)c2cc3cc(C)ccc3o2)C[C@H]1N(C)C. The van der Waals surface area contributed by atoms with Gasteiger partial charge in [-0.3, -0.25) is 4.79 Å². The van der Waals surface area contributed by atoms with Gasteiger partial charge in [0, 0.05) is 24.5 Å². The van der Waals surface area contributed by atoms with Crippen molar-refractivity contribution in [3.05, 3.63) is 35.6 Å². The third-order valence-corrected chi connectivity index (χ3v) is 4.90. The third-order valence-electron chi connectivity index (χ3n) is 4.90. The van der Waals surface area contributed by atoms with Crippen LogP contribution in [0.2, 0.25) is 0 Å². The highest BCUT2D eigenvalue weighted by Gasteiger charge is 2.36. The van der Waals surface area contributed by atoms with Crippen LogP contribution in [0.25, 0.3) is 11.0 Å². The normalized spacial score (nSPS) is 21.5. The van der Waals surface area contributed by atoms with E-state index in [-0.39, 0.29) is 5.91 Å². The van der Waals surface area contributed by atoms with E-state index in [0.717, 1.165) is 36.9 Å². The second-order valence-electron chi connectivity index (χ2n) is 6.94. The highest BCUT2D eigenvalue weighted by Crippen LogP contribution is 2.28. The number of hydrogen-bond donors (Lipinski definition) is 0. The van der Waals surface area contributed by atoms with Crippen LogP contribution in [0.4, 0.5) is 0 Å². The van der Waals surface area contributed by atoms with E-state index < -0.39 is 0 Å². The monoisotopic (exact) mass is 314 g/mol. The zero-order chi connectivity index (χ0) is 16.6. The molecule has 1 aliphatic heterocycles. The number of carbonyl (C=O) groups excluding carboxylic acids is 1. The highest BCUT2D eigenvalue weighted by molar-refractivity contribution is 5.96. The summed E-state index contributed by atoms with van der Waals surface area (Å²) < 4.78 is 5.78. The molecule has 0 unspecified atom stereocenters. The van der Waals surface area contributed by atoms with Gasteiger partial charge in [-0.05, 0) is 51.6 Å². The fourth-order valence-corrected chi connectivity index (χ4v) is 3.68. The Hall–Kier alpha value is -1.81. The molecule has 0 radical (unpaired) electrons. The fraction of sp³-hybridized carbons (Fsp3) is 0.526. The molecule has 2 atom stereocenters. The Balaban J connectivity index is 1.81. The van der Waals surface area contributed by atoms with Gasteiger partial charge in [0.2, 0.25) is 0 Å². The van der Waals surface area contributed by atoms with Crippen molar-refractivity contribution in [3.8, 4) is 0 Å². The van der Waals surface area contributed by atoms with Gasteiger partial charge in [0.25, 0.3) is 5.91 Å². The van der Waals surface area contributed by atoms with Crippen molar-refractivity contribution in [2.75, 3.05) is 27.2 Å². The van der Waals surface area contributed by atoms with Crippen molar-refractivity contribution >= 4 is 16.9 Å². The van der Waals surface area contributed by atoms with Crippen LogP contribution >= 0.6 is 0 Å². The van der Waals surface area contributed by atoms with Crippen molar-refractivity contribution < 1.29 is 9.21 Å². The minimum absolute atomic E-state index is 0.0179. The van der Waals surface area contributed by atoms with Crippen LogP contribution in [-0.2, 0) is 0 Å². The summed E-state index contributed by atoms with van der Waals surface area (Å²) in [6, 6.07) is 8.32. The largest absolute Gasteiger partial charge is 0.451 e. The summed E-state index contributed by atoms with van der Waals surface area (Å²) in [5.74, 6) is 1.02. The highest BCUT2D eigenvalue weighted by atomic mass is 16.3. The third kappa shape index (κ3) is 3.13. The van der Waals surface area contributed by atoms with Gasteiger partial charge in [-0.15, -0.1) is 0 Å². The number of fused-ring (bicyclic) bond motifs is 1. The first-order chi connectivity index (χ1) is 11.0. The number of furan rings is 1. The Morgan fingerprint density at radius 2 is 2.09 bits per heavy atom. The van der Waals surface area contributed by atoms with Crippen LogP contribution in [0, 0.1) is 12.8 Å². The van der Waals surface area contributed by atoms with Crippen molar-refractivity contribution in [1.29, 1.82) is 0 Å². The number of carbonyl (C=O) groups is 1. The molecule has 1 aromatic carbocycles. The minimum atomic E-state index is 0.0179. The van der Waals surface area contributed by atoms with Crippen LogP contribution in [0.5, 0.6) is 0 Å². The van der Waals surface area contributed by atoms with E-state index in [1.165, 1.54) is 5.56 Å². The second kappa shape index (κ2) is 6.36.